The molecule has 1 N–H and O–H groups in total. The molecule has 0 aliphatic heterocycles. The molecule has 0 spiro atoms. The summed E-state index contributed by atoms with van der Waals surface area (Å²) in [6, 6.07) is 8.13. The number of sulfonamides is 1. The van der Waals surface area contributed by atoms with E-state index in [1.54, 1.807) is 6.92 Å². The molecular weight excluding hydrogens is 383 g/mol. The molecule has 0 radical (unpaired) electrons. The summed E-state index contributed by atoms with van der Waals surface area (Å²) in [6.07, 6.45) is 0. The molecule has 0 saturated heterocycles. The predicted octanol–water partition coefficient (Wildman–Crippen LogP) is 3.06. The minimum absolute atomic E-state index is 0.114. The van der Waals surface area contributed by atoms with Gasteiger partial charge in [-0.05, 0) is 42.8 Å². The summed E-state index contributed by atoms with van der Waals surface area (Å²) in [7, 11) is -1.43. The number of halogens is 2. The molecule has 1 amide bonds. The minimum atomic E-state index is -4.02. The Morgan fingerprint density at radius 1 is 1.27 bits per heavy atom. The van der Waals surface area contributed by atoms with E-state index in [9.17, 15) is 17.6 Å². The second-order valence-electron chi connectivity index (χ2n) is 5.56. The maximum atomic E-state index is 13.3. The lowest BCUT2D eigenvalue weighted by atomic mass is 10.2. The van der Waals surface area contributed by atoms with Crippen LogP contribution >= 0.6 is 11.6 Å². The predicted molar refractivity (Wildman–Crippen MR) is 97.6 cm³/mol. The molecule has 2 rings (SSSR count). The van der Waals surface area contributed by atoms with E-state index in [1.165, 1.54) is 50.6 Å². The van der Waals surface area contributed by atoms with E-state index in [-0.39, 0.29) is 21.4 Å². The van der Waals surface area contributed by atoms with Gasteiger partial charge in [0, 0.05) is 17.8 Å². The number of amides is 1. The highest BCUT2D eigenvalue weighted by Gasteiger charge is 2.27. The third kappa shape index (κ3) is 4.51. The number of carbonyl (C=O) groups excluding carboxylic acids is 1. The third-order valence-electron chi connectivity index (χ3n) is 3.65. The van der Waals surface area contributed by atoms with Crippen molar-refractivity contribution in [2.45, 2.75) is 11.8 Å². The molecule has 0 fully saturated rings. The molecule has 2 aromatic rings. The molecule has 6 nitrogen and oxygen atoms in total. The average molecular weight is 401 g/mol. The standard InChI is InChI=1S/C17H18ClFN2O4S/c1-11-4-6-13(19)9-14(11)20-17(22)10-21(2)26(23,24)16-8-12(18)5-7-15(16)25-3/h4-9H,10H2,1-3H3,(H,20,22). The highest BCUT2D eigenvalue weighted by molar-refractivity contribution is 7.89. The van der Waals surface area contributed by atoms with Gasteiger partial charge in [0.15, 0.2) is 0 Å². The summed E-state index contributed by atoms with van der Waals surface area (Å²) in [6.45, 7) is 1.24. The molecule has 0 unspecified atom stereocenters. The monoisotopic (exact) mass is 400 g/mol. The molecule has 26 heavy (non-hydrogen) atoms. The first-order valence-electron chi connectivity index (χ1n) is 7.51. The van der Waals surface area contributed by atoms with Gasteiger partial charge in [-0.3, -0.25) is 4.79 Å². The largest absolute Gasteiger partial charge is 0.495 e. The maximum Gasteiger partial charge on any atom is 0.247 e. The van der Waals surface area contributed by atoms with Crippen LogP contribution in [0, 0.1) is 12.7 Å². The van der Waals surface area contributed by atoms with E-state index >= 15 is 0 Å². The molecule has 0 aromatic heterocycles. The Morgan fingerprint density at radius 2 is 1.96 bits per heavy atom. The number of hydrogen-bond acceptors (Lipinski definition) is 4. The average Bonchev–Trinajstić information content (AvgIpc) is 2.58. The van der Waals surface area contributed by atoms with Crippen molar-refractivity contribution < 1.29 is 22.3 Å². The fourth-order valence-electron chi connectivity index (χ4n) is 2.23. The number of hydrogen-bond donors (Lipinski definition) is 1. The Morgan fingerprint density at radius 3 is 2.62 bits per heavy atom. The highest BCUT2D eigenvalue weighted by atomic mass is 35.5. The van der Waals surface area contributed by atoms with E-state index < -0.39 is 28.3 Å². The Bertz CT molecular complexity index is 934. The number of ether oxygens (including phenoxy) is 1. The van der Waals surface area contributed by atoms with Gasteiger partial charge >= 0.3 is 0 Å². The fourth-order valence-corrected chi connectivity index (χ4v) is 3.77. The summed E-state index contributed by atoms with van der Waals surface area (Å²) in [5.41, 5.74) is 0.933. The van der Waals surface area contributed by atoms with Crippen LogP contribution in [-0.4, -0.2) is 39.3 Å². The van der Waals surface area contributed by atoms with Crippen molar-refractivity contribution in [3.8, 4) is 5.75 Å². The van der Waals surface area contributed by atoms with Gasteiger partial charge in [-0.25, -0.2) is 12.8 Å². The van der Waals surface area contributed by atoms with Gasteiger partial charge in [0.25, 0.3) is 0 Å². The smallest absolute Gasteiger partial charge is 0.247 e. The topological polar surface area (TPSA) is 75.7 Å². The molecule has 2 aromatic carbocycles. The molecule has 0 aliphatic carbocycles. The van der Waals surface area contributed by atoms with Gasteiger partial charge in [-0.2, -0.15) is 4.31 Å². The van der Waals surface area contributed by atoms with Gasteiger partial charge in [0.2, 0.25) is 15.9 Å². The van der Waals surface area contributed by atoms with Crippen LogP contribution in [0.1, 0.15) is 5.56 Å². The minimum Gasteiger partial charge on any atom is -0.495 e. The Hall–Kier alpha value is -2.16. The number of likely N-dealkylation sites (N-methyl/N-ethyl adjacent to an activating group) is 1. The van der Waals surface area contributed by atoms with E-state index in [0.717, 1.165) is 4.31 Å². The van der Waals surface area contributed by atoms with Crippen molar-refractivity contribution in [3.63, 3.8) is 0 Å². The van der Waals surface area contributed by atoms with Crippen LogP contribution in [0.15, 0.2) is 41.3 Å². The molecule has 0 saturated carbocycles. The molecular formula is C17H18ClFN2O4S. The van der Waals surface area contributed by atoms with E-state index in [4.69, 9.17) is 16.3 Å². The van der Waals surface area contributed by atoms with Crippen LogP contribution in [0.25, 0.3) is 0 Å². The van der Waals surface area contributed by atoms with Gasteiger partial charge in [0.1, 0.15) is 16.5 Å². The third-order valence-corrected chi connectivity index (χ3v) is 5.71. The summed E-state index contributed by atoms with van der Waals surface area (Å²) < 4.78 is 44.7. The van der Waals surface area contributed by atoms with Crippen LogP contribution in [-0.2, 0) is 14.8 Å². The molecule has 0 heterocycles. The van der Waals surface area contributed by atoms with Crippen LogP contribution in [0.5, 0.6) is 5.75 Å². The van der Waals surface area contributed by atoms with Crippen molar-refractivity contribution in [2.24, 2.45) is 0 Å². The number of nitrogens with zero attached hydrogens (tertiary/aromatic N) is 1. The van der Waals surface area contributed by atoms with Gasteiger partial charge in [-0.15, -0.1) is 0 Å². The SMILES string of the molecule is COc1ccc(Cl)cc1S(=O)(=O)N(C)CC(=O)Nc1cc(F)ccc1C. The number of carbonyl (C=O) groups is 1. The van der Waals surface area contributed by atoms with E-state index in [2.05, 4.69) is 5.32 Å². The van der Waals surface area contributed by atoms with Gasteiger partial charge < -0.3 is 10.1 Å². The van der Waals surface area contributed by atoms with E-state index in [1.807, 2.05) is 0 Å². The highest BCUT2D eigenvalue weighted by Crippen LogP contribution is 2.29. The molecule has 9 heteroatoms. The second kappa shape index (κ2) is 8.03. The molecule has 0 aliphatic rings. The fraction of sp³-hybridized carbons (Fsp3) is 0.235. The first kappa shape index (κ1) is 20.2. The zero-order valence-corrected chi connectivity index (χ0v) is 16.0. The summed E-state index contributed by atoms with van der Waals surface area (Å²) in [5.74, 6) is -0.996. The van der Waals surface area contributed by atoms with E-state index in [0.29, 0.717) is 5.56 Å². The Balaban J connectivity index is 2.20. The number of rotatable bonds is 6. The normalized spacial score (nSPS) is 11.5. The first-order valence-corrected chi connectivity index (χ1v) is 9.33. The van der Waals surface area contributed by atoms with Crippen LogP contribution in [0.4, 0.5) is 10.1 Å². The zero-order chi connectivity index (χ0) is 19.5. The second-order valence-corrected chi connectivity index (χ2v) is 8.01. The quantitative estimate of drug-likeness (QED) is 0.808. The molecule has 0 atom stereocenters. The van der Waals surface area contributed by atoms with Crippen molar-refractivity contribution in [3.05, 3.63) is 52.8 Å². The summed E-state index contributed by atoms with van der Waals surface area (Å²) >= 11 is 5.88. The van der Waals surface area contributed by atoms with Crippen LogP contribution in [0.2, 0.25) is 5.02 Å². The number of nitrogens with one attached hydrogen (secondary N) is 1. The van der Waals surface area contributed by atoms with Gasteiger partial charge in [-0.1, -0.05) is 17.7 Å². The number of aryl methyl sites for hydroxylation is 1. The Labute approximate surface area is 156 Å². The summed E-state index contributed by atoms with van der Waals surface area (Å²) in [5, 5.41) is 2.72. The zero-order valence-electron chi connectivity index (χ0n) is 14.4. The lowest BCUT2D eigenvalue weighted by molar-refractivity contribution is -0.116. The number of benzene rings is 2. The Kier molecular flexibility index (Phi) is 6.22. The summed E-state index contributed by atoms with van der Waals surface area (Å²) in [4.78, 5) is 12.0. The number of methoxy groups -OCH3 is 1. The van der Waals surface area contributed by atoms with Crippen molar-refractivity contribution in [2.75, 3.05) is 26.0 Å². The lowest BCUT2D eigenvalue weighted by Crippen LogP contribution is -2.35. The first-order chi connectivity index (χ1) is 12.1. The van der Waals surface area contributed by atoms with Crippen molar-refractivity contribution >= 4 is 33.2 Å². The molecule has 0 bridgehead atoms. The maximum absolute atomic E-state index is 13.3. The number of anilines is 1. The van der Waals surface area contributed by atoms with Crippen molar-refractivity contribution in [1.29, 1.82) is 0 Å². The van der Waals surface area contributed by atoms with Gasteiger partial charge in [0.05, 0.1) is 13.7 Å². The van der Waals surface area contributed by atoms with Crippen LogP contribution in [0.3, 0.4) is 0 Å². The lowest BCUT2D eigenvalue weighted by Gasteiger charge is -2.19. The van der Waals surface area contributed by atoms with Crippen molar-refractivity contribution in [1.82, 2.24) is 4.31 Å². The van der Waals surface area contributed by atoms with Crippen LogP contribution < -0.4 is 10.1 Å². The molecule has 140 valence electrons.